The first-order chi connectivity index (χ1) is 31.0. The lowest BCUT2D eigenvalue weighted by Crippen LogP contribution is -2.65. The zero-order valence-electron chi connectivity index (χ0n) is 39.6. The van der Waals surface area contributed by atoms with Crippen LogP contribution < -0.4 is 0 Å². The molecule has 12 N–H and O–H groups in total. The summed E-state index contributed by atoms with van der Waals surface area (Å²) in [7, 11) is 0. The average molecular weight is 945 g/mol. The maximum atomic E-state index is 12.5. The quantitative estimate of drug-likeness (QED) is 0.100. The number of rotatable bonds is 14. The van der Waals surface area contributed by atoms with Crippen LogP contribution in [-0.2, 0) is 28.4 Å². The summed E-state index contributed by atoms with van der Waals surface area (Å²) in [4.78, 5) is 0. The second kappa shape index (κ2) is 20.1. The molecule has 0 radical (unpaired) electrons. The molecule has 18 nitrogen and oxygen atoms in total. The van der Waals surface area contributed by atoms with E-state index in [1.54, 1.807) is 0 Å². The fourth-order valence-electron chi connectivity index (χ4n) is 14.0. The second-order valence-electron chi connectivity index (χ2n) is 22.1. The standard InChI is InChI=1S/C48H80O18/c1-22(21-61-44-41(38(58)35(55)29(20-51)64-44)66-43-40(60)37(57)34(54)28(19-50)63-43)9-8-10-23(2)24-15-16-46(5)30-13-11-25-26(48(30,7)31(52)17-47(24,46)6)12-14-32(45(25,3)4)65-42-39(59)36(56)33(53)27(18-49)62-42/h9,11,23-24,26-44,49-60H,8,10,12-21H2,1-7H3/b22-9+/t23-,24-,26-,27-,28-,29-,30+,31-,32+,33-,34-,35-,36+,37+,38+,39-,40-,41-,42+,43+,44-,46+,47-,48+/m1/s1. The van der Waals surface area contributed by atoms with Gasteiger partial charge in [0.1, 0.15) is 73.2 Å². The molecule has 6 fully saturated rings. The Morgan fingerprint density at radius 1 is 0.697 bits per heavy atom. The van der Waals surface area contributed by atoms with Crippen molar-refractivity contribution >= 4 is 0 Å². The van der Waals surface area contributed by atoms with Gasteiger partial charge in [-0.15, -0.1) is 0 Å². The van der Waals surface area contributed by atoms with E-state index in [2.05, 4.69) is 53.7 Å². The number of aliphatic hydroxyl groups is 12. The number of aliphatic hydroxyl groups excluding tert-OH is 12. The van der Waals surface area contributed by atoms with E-state index < -0.39 is 123 Å². The van der Waals surface area contributed by atoms with Crippen molar-refractivity contribution in [3.8, 4) is 0 Å². The van der Waals surface area contributed by atoms with Crippen molar-refractivity contribution in [3.63, 3.8) is 0 Å². The van der Waals surface area contributed by atoms with Crippen molar-refractivity contribution in [3.05, 3.63) is 23.3 Å². The number of hydrogen-bond acceptors (Lipinski definition) is 18. The van der Waals surface area contributed by atoms with E-state index in [1.807, 2.05) is 6.92 Å². The lowest BCUT2D eigenvalue weighted by atomic mass is 9.38. The van der Waals surface area contributed by atoms with E-state index in [-0.39, 0.29) is 40.8 Å². The highest BCUT2D eigenvalue weighted by Crippen LogP contribution is 2.75. The molecule has 0 bridgehead atoms. The van der Waals surface area contributed by atoms with Crippen molar-refractivity contribution < 1.29 is 89.7 Å². The van der Waals surface area contributed by atoms with Gasteiger partial charge in [0.25, 0.3) is 0 Å². The maximum absolute atomic E-state index is 12.5. The number of allylic oxidation sites excluding steroid dienone is 2. The summed E-state index contributed by atoms with van der Waals surface area (Å²) in [5.41, 5.74) is 1.06. The molecule has 66 heavy (non-hydrogen) atoms. The highest BCUT2D eigenvalue weighted by molar-refractivity contribution is 5.32. The molecular weight excluding hydrogens is 865 g/mol. The van der Waals surface area contributed by atoms with Gasteiger partial charge in [-0.05, 0) is 92.8 Å². The van der Waals surface area contributed by atoms with Gasteiger partial charge in [0, 0.05) is 10.8 Å². The first-order valence-electron chi connectivity index (χ1n) is 24.2. The minimum Gasteiger partial charge on any atom is -0.394 e. The van der Waals surface area contributed by atoms with Crippen molar-refractivity contribution in [1.82, 2.24) is 0 Å². The monoisotopic (exact) mass is 945 g/mol. The van der Waals surface area contributed by atoms with Gasteiger partial charge >= 0.3 is 0 Å². The molecule has 24 atom stereocenters. The predicted molar refractivity (Wildman–Crippen MR) is 234 cm³/mol. The van der Waals surface area contributed by atoms with Gasteiger partial charge in [0.2, 0.25) is 0 Å². The van der Waals surface area contributed by atoms with Crippen LogP contribution in [0.25, 0.3) is 0 Å². The van der Waals surface area contributed by atoms with Gasteiger partial charge in [-0.2, -0.15) is 0 Å². The third kappa shape index (κ3) is 8.93. The molecule has 7 rings (SSSR count). The average Bonchev–Trinajstić information content (AvgIpc) is 3.55. The van der Waals surface area contributed by atoms with Gasteiger partial charge in [-0.25, -0.2) is 0 Å². The van der Waals surface area contributed by atoms with Crippen molar-refractivity contribution in [2.45, 2.75) is 204 Å². The van der Waals surface area contributed by atoms with Gasteiger partial charge in [0.05, 0.1) is 38.6 Å². The molecule has 3 saturated heterocycles. The molecule has 4 aliphatic carbocycles. The minimum absolute atomic E-state index is 0.0336. The SMILES string of the molecule is C/C(=C\CC[C@@H](C)[C@H]1CC[C@@]2(C)[C@@H]3CC=C4[C@@H](CC[C@H](O[C@@H]5O[C@H](CO)[C@@H](O)[C@H](O)[C@H]5O)C4(C)C)[C@]3(C)[C@H](O)C[C@]12C)CO[C@@H]1O[C@H](CO)[C@@H](O)[C@H](O)[C@H]1O[C@@H]1O[C@H](CO)[C@@H](O)[C@H](O)[C@H]1O. The molecule has 7 aliphatic rings. The number of ether oxygens (including phenoxy) is 6. The first-order valence-corrected chi connectivity index (χ1v) is 24.2. The second-order valence-corrected chi connectivity index (χ2v) is 22.1. The Morgan fingerprint density at radius 2 is 1.24 bits per heavy atom. The van der Waals surface area contributed by atoms with E-state index in [0.29, 0.717) is 24.7 Å². The molecule has 3 aliphatic heterocycles. The molecule has 0 aromatic rings. The Bertz CT molecular complexity index is 1710. The Kier molecular flexibility index (Phi) is 16.0. The van der Waals surface area contributed by atoms with Crippen LogP contribution in [0.2, 0.25) is 0 Å². The van der Waals surface area contributed by atoms with Crippen LogP contribution >= 0.6 is 0 Å². The molecule has 380 valence electrons. The van der Waals surface area contributed by atoms with Crippen LogP contribution in [0.15, 0.2) is 23.3 Å². The maximum Gasteiger partial charge on any atom is 0.187 e. The number of hydrogen-bond donors (Lipinski definition) is 12. The summed E-state index contributed by atoms with van der Waals surface area (Å²) in [5, 5.41) is 126. The highest BCUT2D eigenvalue weighted by atomic mass is 16.8. The van der Waals surface area contributed by atoms with Crippen LogP contribution in [0, 0.1) is 45.3 Å². The molecule has 0 spiro atoms. The van der Waals surface area contributed by atoms with E-state index in [1.165, 1.54) is 5.57 Å². The molecule has 0 unspecified atom stereocenters. The third-order valence-corrected chi connectivity index (χ3v) is 18.3. The molecule has 0 amide bonds. The van der Waals surface area contributed by atoms with Gasteiger partial charge in [-0.3, -0.25) is 0 Å². The minimum atomic E-state index is -1.77. The van der Waals surface area contributed by atoms with E-state index in [9.17, 15) is 61.3 Å². The van der Waals surface area contributed by atoms with Crippen LogP contribution in [0.3, 0.4) is 0 Å². The first kappa shape index (κ1) is 52.6. The Morgan fingerprint density at radius 3 is 1.82 bits per heavy atom. The Labute approximate surface area is 388 Å². The number of fused-ring (bicyclic) bond motifs is 5. The summed E-state index contributed by atoms with van der Waals surface area (Å²) in [5.74, 6) is 1.06. The molecule has 0 aromatic heterocycles. The van der Waals surface area contributed by atoms with Gasteiger partial charge in [0.15, 0.2) is 18.9 Å². The zero-order chi connectivity index (χ0) is 48.4. The third-order valence-electron chi connectivity index (χ3n) is 18.3. The molecule has 3 heterocycles. The van der Waals surface area contributed by atoms with Crippen LogP contribution in [0.1, 0.15) is 99.8 Å². The van der Waals surface area contributed by atoms with Crippen LogP contribution in [0.4, 0.5) is 0 Å². The molecule has 0 aromatic carbocycles. The molecular formula is C48H80O18. The zero-order valence-corrected chi connectivity index (χ0v) is 39.6. The summed E-state index contributed by atoms with van der Waals surface area (Å²) in [6.45, 7) is 13.8. The smallest absolute Gasteiger partial charge is 0.187 e. The normalized spacial score (nSPS) is 51.1. The Hall–Kier alpha value is -1.24. The lowest BCUT2D eigenvalue weighted by Gasteiger charge is -2.67. The summed E-state index contributed by atoms with van der Waals surface area (Å²) in [6.07, 6.45) is -11.8. The van der Waals surface area contributed by atoms with Crippen LogP contribution in [-0.4, -0.2) is 192 Å². The van der Waals surface area contributed by atoms with E-state index in [0.717, 1.165) is 44.1 Å². The highest BCUT2D eigenvalue weighted by Gasteiger charge is 2.70. The summed E-state index contributed by atoms with van der Waals surface area (Å²) >= 11 is 0. The predicted octanol–water partition coefficient (Wildman–Crippen LogP) is -0.249. The van der Waals surface area contributed by atoms with Crippen molar-refractivity contribution in [2.75, 3.05) is 26.4 Å². The summed E-state index contributed by atoms with van der Waals surface area (Å²) in [6, 6.07) is 0. The fourth-order valence-corrected chi connectivity index (χ4v) is 14.0. The topological polar surface area (TPSA) is 298 Å². The Balaban J connectivity index is 0.984. The molecule has 3 saturated carbocycles. The van der Waals surface area contributed by atoms with Crippen LogP contribution in [0.5, 0.6) is 0 Å². The van der Waals surface area contributed by atoms with Crippen molar-refractivity contribution in [2.24, 2.45) is 45.3 Å². The van der Waals surface area contributed by atoms with Gasteiger partial charge < -0.3 is 89.7 Å². The van der Waals surface area contributed by atoms with E-state index in [4.69, 9.17) is 28.4 Å². The van der Waals surface area contributed by atoms with E-state index >= 15 is 0 Å². The van der Waals surface area contributed by atoms with Gasteiger partial charge in [-0.1, -0.05) is 64.8 Å². The van der Waals surface area contributed by atoms with Crippen molar-refractivity contribution in [1.29, 1.82) is 0 Å². The fraction of sp³-hybridized carbons (Fsp3) is 0.917. The summed E-state index contributed by atoms with van der Waals surface area (Å²) < 4.78 is 35.3. The largest absolute Gasteiger partial charge is 0.394 e. The lowest BCUT2D eigenvalue weighted by molar-refractivity contribution is -0.366. The molecule has 18 heteroatoms.